The van der Waals surface area contributed by atoms with Crippen molar-refractivity contribution < 1.29 is 4.74 Å². The molecule has 1 aliphatic carbocycles. The molecule has 0 saturated heterocycles. The zero-order valence-corrected chi connectivity index (χ0v) is 7.60. The molecule has 0 unspecified atom stereocenters. The molecule has 0 bridgehead atoms. The largest absolute Gasteiger partial charge is 0.383 e. The van der Waals surface area contributed by atoms with Crippen LogP contribution >= 0.6 is 0 Å². The molecule has 0 aromatic rings. The summed E-state index contributed by atoms with van der Waals surface area (Å²) in [5, 5.41) is 7.61. The number of methoxy groups -OCH3 is 1. The lowest BCUT2D eigenvalue weighted by molar-refractivity contribution is 0.208. The Hall–Kier alpha value is -0.700. The highest BCUT2D eigenvalue weighted by molar-refractivity contribution is 6.41. The lowest BCUT2D eigenvalue weighted by atomic mass is 9.96. The molecule has 1 rings (SSSR count). The number of aliphatic imine (C=N–C) groups is 1. The van der Waals surface area contributed by atoms with Gasteiger partial charge in [0, 0.05) is 7.11 Å². The highest BCUT2D eigenvalue weighted by Crippen LogP contribution is 2.11. The van der Waals surface area contributed by atoms with Gasteiger partial charge in [-0.2, -0.15) is 0 Å². The number of nitrogens with one attached hydrogen (secondary N) is 1. The molecule has 3 heteroatoms. The van der Waals surface area contributed by atoms with E-state index in [0.717, 1.165) is 30.7 Å². The summed E-state index contributed by atoms with van der Waals surface area (Å²) in [5.74, 6) is 0. The van der Waals surface area contributed by atoms with E-state index in [2.05, 4.69) is 4.99 Å². The molecule has 1 fully saturated rings. The zero-order valence-electron chi connectivity index (χ0n) is 7.60. The van der Waals surface area contributed by atoms with E-state index in [0.29, 0.717) is 13.2 Å². The van der Waals surface area contributed by atoms with Crippen LogP contribution in [0.1, 0.15) is 25.7 Å². The van der Waals surface area contributed by atoms with Crippen molar-refractivity contribution in [3.63, 3.8) is 0 Å². The molecule has 68 valence electrons. The molecular weight excluding hydrogens is 152 g/mol. The molecule has 1 N–H and O–H groups in total. The third-order valence-corrected chi connectivity index (χ3v) is 2.04. The lowest BCUT2D eigenvalue weighted by Gasteiger charge is -2.13. The van der Waals surface area contributed by atoms with Crippen molar-refractivity contribution in [2.75, 3.05) is 20.3 Å². The second-order valence-electron chi connectivity index (χ2n) is 3.01. The molecular formula is C9H16N2O. The van der Waals surface area contributed by atoms with Gasteiger partial charge in [-0.3, -0.25) is 4.99 Å². The summed E-state index contributed by atoms with van der Waals surface area (Å²) in [4.78, 5) is 4.32. The first-order valence-corrected chi connectivity index (χ1v) is 4.44. The predicted octanol–water partition coefficient (Wildman–Crippen LogP) is 1.67. The number of rotatable bonds is 3. The second kappa shape index (κ2) is 5.04. The summed E-state index contributed by atoms with van der Waals surface area (Å²) in [6, 6.07) is 0. The van der Waals surface area contributed by atoms with Crippen molar-refractivity contribution in [3.05, 3.63) is 0 Å². The minimum atomic E-state index is 0.663. The van der Waals surface area contributed by atoms with Gasteiger partial charge in [0.2, 0.25) is 0 Å². The first-order chi connectivity index (χ1) is 5.84. The maximum absolute atomic E-state index is 7.61. The summed E-state index contributed by atoms with van der Waals surface area (Å²) in [5.41, 5.74) is 1.73. The van der Waals surface area contributed by atoms with Crippen molar-refractivity contribution in [3.8, 4) is 0 Å². The van der Waals surface area contributed by atoms with Crippen LogP contribution in [-0.2, 0) is 4.74 Å². The minimum Gasteiger partial charge on any atom is -0.383 e. The van der Waals surface area contributed by atoms with Crippen LogP contribution in [0.5, 0.6) is 0 Å². The molecule has 0 atom stereocenters. The Balaban J connectivity index is 2.36. The van der Waals surface area contributed by atoms with Crippen molar-refractivity contribution in [1.82, 2.24) is 0 Å². The van der Waals surface area contributed by atoms with Crippen LogP contribution in [0.25, 0.3) is 0 Å². The molecule has 0 amide bonds. The van der Waals surface area contributed by atoms with Gasteiger partial charge in [0.25, 0.3) is 0 Å². The highest BCUT2D eigenvalue weighted by atomic mass is 16.5. The van der Waals surface area contributed by atoms with Gasteiger partial charge in [-0.15, -0.1) is 0 Å². The Morgan fingerprint density at radius 1 is 1.42 bits per heavy atom. The summed E-state index contributed by atoms with van der Waals surface area (Å²) >= 11 is 0. The fourth-order valence-electron chi connectivity index (χ4n) is 1.34. The van der Waals surface area contributed by atoms with Crippen LogP contribution in [0.4, 0.5) is 0 Å². The molecule has 0 spiro atoms. The normalized spacial score (nSPS) is 21.8. The first kappa shape index (κ1) is 9.39. The average molecular weight is 168 g/mol. The summed E-state index contributed by atoms with van der Waals surface area (Å²) in [7, 11) is 1.67. The molecule has 1 aliphatic rings. The molecule has 12 heavy (non-hydrogen) atoms. The van der Waals surface area contributed by atoms with Crippen molar-refractivity contribution >= 4 is 11.4 Å². The van der Waals surface area contributed by atoms with Crippen LogP contribution in [0.15, 0.2) is 4.99 Å². The van der Waals surface area contributed by atoms with E-state index >= 15 is 0 Å². The zero-order chi connectivity index (χ0) is 8.81. The number of ether oxygens (including phenoxy) is 1. The number of hydrogen-bond acceptors (Lipinski definition) is 3. The van der Waals surface area contributed by atoms with Gasteiger partial charge in [0.1, 0.15) is 0 Å². The van der Waals surface area contributed by atoms with Gasteiger partial charge < -0.3 is 10.1 Å². The third kappa shape index (κ3) is 2.74. The molecule has 0 heterocycles. The fraction of sp³-hybridized carbons (Fsp3) is 0.778. The van der Waals surface area contributed by atoms with Gasteiger partial charge in [-0.1, -0.05) is 0 Å². The van der Waals surface area contributed by atoms with Gasteiger partial charge in [-0.05, 0) is 25.7 Å². The van der Waals surface area contributed by atoms with E-state index in [4.69, 9.17) is 10.1 Å². The molecule has 0 aromatic carbocycles. The summed E-state index contributed by atoms with van der Waals surface area (Å²) < 4.78 is 4.89. The fourth-order valence-corrected chi connectivity index (χ4v) is 1.34. The van der Waals surface area contributed by atoms with Crippen LogP contribution in [0.2, 0.25) is 0 Å². The Kier molecular flexibility index (Phi) is 3.94. The molecule has 1 saturated carbocycles. The quantitative estimate of drug-likeness (QED) is 0.640. The highest BCUT2D eigenvalue weighted by Gasteiger charge is 2.11. The Morgan fingerprint density at radius 3 is 2.83 bits per heavy atom. The maximum Gasteiger partial charge on any atom is 0.0658 e. The van der Waals surface area contributed by atoms with Gasteiger partial charge in [0.15, 0.2) is 0 Å². The van der Waals surface area contributed by atoms with Gasteiger partial charge in [-0.25, -0.2) is 0 Å². The van der Waals surface area contributed by atoms with E-state index in [-0.39, 0.29) is 0 Å². The van der Waals surface area contributed by atoms with Crippen molar-refractivity contribution in [1.29, 1.82) is 5.41 Å². The maximum atomic E-state index is 7.61. The third-order valence-electron chi connectivity index (χ3n) is 2.04. The monoisotopic (exact) mass is 168 g/mol. The Bertz CT molecular complexity index is 187. The van der Waals surface area contributed by atoms with Crippen molar-refractivity contribution in [2.45, 2.75) is 25.7 Å². The summed E-state index contributed by atoms with van der Waals surface area (Å²) in [6.45, 7) is 1.37. The van der Waals surface area contributed by atoms with Gasteiger partial charge >= 0.3 is 0 Å². The minimum absolute atomic E-state index is 0.663. The van der Waals surface area contributed by atoms with Crippen LogP contribution in [-0.4, -0.2) is 31.7 Å². The molecule has 0 aromatic heterocycles. The number of nitrogens with zero attached hydrogens (tertiary/aromatic N) is 1. The van der Waals surface area contributed by atoms with Crippen LogP contribution in [0, 0.1) is 5.41 Å². The van der Waals surface area contributed by atoms with Crippen LogP contribution in [0.3, 0.4) is 0 Å². The summed E-state index contributed by atoms with van der Waals surface area (Å²) in [6.07, 6.45) is 4.24. The van der Waals surface area contributed by atoms with E-state index in [9.17, 15) is 0 Å². The van der Waals surface area contributed by atoms with Gasteiger partial charge in [0.05, 0.1) is 24.6 Å². The lowest BCUT2D eigenvalue weighted by Crippen LogP contribution is -2.18. The molecule has 0 radical (unpaired) electrons. The Labute approximate surface area is 73.3 Å². The van der Waals surface area contributed by atoms with E-state index in [1.54, 1.807) is 7.11 Å². The van der Waals surface area contributed by atoms with E-state index in [1.807, 2.05) is 0 Å². The SMILES string of the molecule is COCCN=C1CCCCC1=N. The smallest absolute Gasteiger partial charge is 0.0658 e. The Morgan fingerprint density at radius 2 is 2.17 bits per heavy atom. The predicted molar refractivity (Wildman–Crippen MR) is 50.4 cm³/mol. The van der Waals surface area contributed by atoms with Crippen LogP contribution < -0.4 is 0 Å². The van der Waals surface area contributed by atoms with Crippen molar-refractivity contribution in [2.24, 2.45) is 4.99 Å². The van der Waals surface area contributed by atoms with E-state index < -0.39 is 0 Å². The molecule has 3 nitrogen and oxygen atoms in total. The molecule has 0 aliphatic heterocycles. The first-order valence-electron chi connectivity index (χ1n) is 4.44. The van der Waals surface area contributed by atoms with E-state index in [1.165, 1.54) is 6.42 Å². The number of hydrogen-bond donors (Lipinski definition) is 1. The standard InChI is InChI=1S/C9H16N2O/c1-12-7-6-11-9-5-3-2-4-8(9)10/h10H,2-7H2,1H3. The second-order valence-corrected chi connectivity index (χ2v) is 3.01. The average Bonchev–Trinajstić information content (AvgIpc) is 2.09. The topological polar surface area (TPSA) is 45.4 Å².